The van der Waals surface area contributed by atoms with E-state index in [-0.39, 0.29) is 11.4 Å². The molecule has 98 valence electrons. The molecular formula is C12H11ClN4O2. The summed E-state index contributed by atoms with van der Waals surface area (Å²) in [6.45, 7) is 0.300. The van der Waals surface area contributed by atoms with E-state index in [4.69, 9.17) is 11.6 Å². The molecule has 1 heterocycles. The minimum Gasteiger partial charge on any atom is -0.334 e. The largest absolute Gasteiger partial charge is 0.334 e. The molecule has 1 aromatic carbocycles. The number of benzene rings is 1. The van der Waals surface area contributed by atoms with Crippen LogP contribution in [0, 0.1) is 0 Å². The first-order chi connectivity index (χ1) is 9.15. The average molecular weight is 279 g/mol. The summed E-state index contributed by atoms with van der Waals surface area (Å²) < 4.78 is 0. The summed E-state index contributed by atoms with van der Waals surface area (Å²) in [4.78, 5) is 22.4. The van der Waals surface area contributed by atoms with Gasteiger partial charge in [-0.3, -0.25) is 10.1 Å². The van der Waals surface area contributed by atoms with E-state index in [1.165, 1.54) is 12.1 Å². The van der Waals surface area contributed by atoms with Crippen LogP contribution in [0.5, 0.6) is 0 Å². The minimum absolute atomic E-state index is 0.260. The van der Waals surface area contributed by atoms with Crippen LogP contribution < -0.4 is 16.2 Å². The van der Waals surface area contributed by atoms with Crippen molar-refractivity contribution in [3.8, 4) is 0 Å². The molecule has 1 aromatic heterocycles. The summed E-state index contributed by atoms with van der Waals surface area (Å²) in [5.41, 5.74) is 0.482. The number of anilines is 1. The number of amides is 2. The molecule has 0 aliphatic rings. The van der Waals surface area contributed by atoms with Gasteiger partial charge in [-0.15, -0.1) is 0 Å². The number of aromatic nitrogens is 2. The monoisotopic (exact) mass is 278 g/mol. The van der Waals surface area contributed by atoms with Crippen LogP contribution in [0.15, 0.2) is 41.2 Å². The molecule has 2 aromatic rings. The van der Waals surface area contributed by atoms with E-state index in [1.54, 1.807) is 6.07 Å². The Morgan fingerprint density at radius 1 is 1.26 bits per heavy atom. The van der Waals surface area contributed by atoms with Gasteiger partial charge in [0, 0.05) is 17.6 Å². The van der Waals surface area contributed by atoms with Gasteiger partial charge in [-0.05, 0) is 17.7 Å². The second kappa shape index (κ2) is 6.01. The average Bonchev–Trinajstić information content (AvgIpc) is 2.40. The first-order valence-corrected chi connectivity index (χ1v) is 5.87. The van der Waals surface area contributed by atoms with E-state index in [1.807, 2.05) is 18.2 Å². The number of H-pyrrole nitrogens is 1. The molecule has 0 atom stereocenters. The Labute approximate surface area is 113 Å². The molecule has 0 saturated heterocycles. The van der Waals surface area contributed by atoms with Crippen molar-refractivity contribution in [2.45, 2.75) is 6.54 Å². The molecule has 7 heteroatoms. The number of hydrogen-bond donors (Lipinski definition) is 3. The molecule has 0 fully saturated rings. The molecular weight excluding hydrogens is 268 g/mol. The normalized spacial score (nSPS) is 9.95. The van der Waals surface area contributed by atoms with E-state index < -0.39 is 6.03 Å². The number of carbonyl (C=O) groups excluding carboxylic acids is 1. The maximum Gasteiger partial charge on any atom is 0.320 e. The Hall–Kier alpha value is -2.34. The Morgan fingerprint density at radius 3 is 2.74 bits per heavy atom. The smallest absolute Gasteiger partial charge is 0.320 e. The summed E-state index contributed by atoms with van der Waals surface area (Å²) in [6.07, 6.45) is 0. The van der Waals surface area contributed by atoms with Gasteiger partial charge in [0.1, 0.15) is 0 Å². The first kappa shape index (κ1) is 13.1. The third-order valence-electron chi connectivity index (χ3n) is 2.32. The van der Waals surface area contributed by atoms with E-state index in [0.29, 0.717) is 11.6 Å². The fraction of sp³-hybridized carbons (Fsp3) is 0.0833. The first-order valence-electron chi connectivity index (χ1n) is 5.49. The third kappa shape index (κ3) is 3.82. The highest BCUT2D eigenvalue weighted by molar-refractivity contribution is 6.31. The Balaban J connectivity index is 1.90. The zero-order valence-electron chi connectivity index (χ0n) is 9.81. The highest BCUT2D eigenvalue weighted by Gasteiger charge is 2.04. The molecule has 0 aliphatic heterocycles. The van der Waals surface area contributed by atoms with Gasteiger partial charge in [-0.2, -0.15) is 5.10 Å². The molecule has 2 rings (SSSR count). The molecule has 0 aliphatic carbocycles. The number of nitrogens with zero attached hydrogens (tertiary/aromatic N) is 1. The van der Waals surface area contributed by atoms with Gasteiger partial charge >= 0.3 is 6.03 Å². The Kier molecular flexibility index (Phi) is 4.15. The molecule has 19 heavy (non-hydrogen) atoms. The van der Waals surface area contributed by atoms with Crippen molar-refractivity contribution >= 4 is 23.4 Å². The summed E-state index contributed by atoms with van der Waals surface area (Å²) in [5.74, 6) is 0.260. The van der Waals surface area contributed by atoms with E-state index >= 15 is 0 Å². The van der Waals surface area contributed by atoms with E-state index in [0.717, 1.165) is 5.56 Å². The lowest BCUT2D eigenvalue weighted by molar-refractivity contribution is 0.251. The standard InChI is InChI=1S/C12H11ClN4O2/c13-9-4-2-1-3-8(9)7-14-12(19)15-10-5-6-11(18)17-16-10/h1-6H,7H2,(H,17,18)(H2,14,15,16,19). The van der Waals surface area contributed by atoms with E-state index in [9.17, 15) is 9.59 Å². The van der Waals surface area contributed by atoms with Crippen LogP contribution in [0.3, 0.4) is 0 Å². The van der Waals surface area contributed by atoms with Crippen LogP contribution in [0.4, 0.5) is 10.6 Å². The van der Waals surface area contributed by atoms with Crippen LogP contribution in [-0.2, 0) is 6.54 Å². The number of hydrogen-bond acceptors (Lipinski definition) is 3. The molecule has 2 amide bonds. The van der Waals surface area contributed by atoms with Crippen molar-refractivity contribution in [3.63, 3.8) is 0 Å². The number of urea groups is 1. The highest BCUT2D eigenvalue weighted by atomic mass is 35.5. The Bertz CT molecular complexity index is 621. The predicted octanol–water partition coefficient (Wildman–Crippen LogP) is 1.74. The molecule has 0 spiro atoms. The predicted molar refractivity (Wildman–Crippen MR) is 72.2 cm³/mol. The molecule has 0 radical (unpaired) electrons. The topological polar surface area (TPSA) is 86.9 Å². The summed E-state index contributed by atoms with van der Waals surface area (Å²) in [6, 6.07) is 9.48. The molecule has 0 saturated carbocycles. The summed E-state index contributed by atoms with van der Waals surface area (Å²) >= 11 is 5.96. The molecule has 3 N–H and O–H groups in total. The van der Waals surface area contributed by atoms with Crippen LogP contribution in [0.2, 0.25) is 5.02 Å². The molecule has 0 unspecified atom stereocenters. The van der Waals surface area contributed by atoms with Crippen LogP contribution >= 0.6 is 11.6 Å². The van der Waals surface area contributed by atoms with Crippen molar-refractivity contribution in [2.75, 3.05) is 5.32 Å². The number of rotatable bonds is 3. The molecule has 6 nitrogen and oxygen atoms in total. The van der Waals surface area contributed by atoms with Gasteiger partial charge < -0.3 is 5.32 Å². The van der Waals surface area contributed by atoms with Crippen molar-refractivity contribution in [1.29, 1.82) is 0 Å². The fourth-order valence-electron chi connectivity index (χ4n) is 1.39. The lowest BCUT2D eigenvalue weighted by atomic mass is 10.2. The number of aromatic amines is 1. The van der Waals surface area contributed by atoms with Crippen molar-refractivity contribution < 1.29 is 4.79 Å². The zero-order chi connectivity index (χ0) is 13.7. The maximum atomic E-state index is 11.6. The summed E-state index contributed by atoms with van der Waals surface area (Å²) in [7, 11) is 0. The van der Waals surface area contributed by atoms with Crippen molar-refractivity contribution in [2.24, 2.45) is 0 Å². The van der Waals surface area contributed by atoms with Crippen molar-refractivity contribution in [3.05, 3.63) is 57.3 Å². The van der Waals surface area contributed by atoms with Gasteiger partial charge in [-0.25, -0.2) is 9.89 Å². The number of carbonyl (C=O) groups is 1. The number of nitrogens with one attached hydrogen (secondary N) is 3. The van der Waals surface area contributed by atoms with Gasteiger partial charge in [0.05, 0.1) is 0 Å². The van der Waals surface area contributed by atoms with Crippen LogP contribution in [0.25, 0.3) is 0 Å². The highest BCUT2D eigenvalue weighted by Crippen LogP contribution is 2.14. The van der Waals surface area contributed by atoms with Gasteiger partial charge in [0.2, 0.25) is 0 Å². The quantitative estimate of drug-likeness (QED) is 0.799. The summed E-state index contributed by atoms with van der Waals surface area (Å²) in [5, 5.41) is 11.6. The molecule has 0 bridgehead atoms. The number of halogens is 1. The third-order valence-corrected chi connectivity index (χ3v) is 2.69. The Morgan fingerprint density at radius 2 is 2.05 bits per heavy atom. The lowest BCUT2D eigenvalue weighted by Gasteiger charge is -2.07. The lowest BCUT2D eigenvalue weighted by Crippen LogP contribution is -2.29. The SMILES string of the molecule is O=C(NCc1ccccc1Cl)Nc1ccc(=O)[nH]n1. The van der Waals surface area contributed by atoms with Gasteiger partial charge in [0.15, 0.2) is 5.82 Å². The van der Waals surface area contributed by atoms with Crippen molar-refractivity contribution in [1.82, 2.24) is 15.5 Å². The van der Waals surface area contributed by atoms with Crippen LogP contribution in [0.1, 0.15) is 5.56 Å². The fourth-order valence-corrected chi connectivity index (χ4v) is 1.59. The zero-order valence-corrected chi connectivity index (χ0v) is 10.6. The van der Waals surface area contributed by atoms with Gasteiger partial charge in [-0.1, -0.05) is 29.8 Å². The second-order valence-electron chi connectivity index (χ2n) is 3.71. The second-order valence-corrected chi connectivity index (χ2v) is 4.11. The minimum atomic E-state index is -0.431. The maximum absolute atomic E-state index is 11.6. The van der Waals surface area contributed by atoms with Crippen LogP contribution in [-0.4, -0.2) is 16.2 Å². The van der Waals surface area contributed by atoms with Gasteiger partial charge in [0.25, 0.3) is 5.56 Å². The van der Waals surface area contributed by atoms with E-state index in [2.05, 4.69) is 20.8 Å².